The lowest BCUT2D eigenvalue weighted by Crippen LogP contribution is -2.63. The number of hydrogen-bond donors (Lipinski definition) is 2. The summed E-state index contributed by atoms with van der Waals surface area (Å²) in [6.45, 7) is 0.741. The molecule has 26 heavy (non-hydrogen) atoms. The van der Waals surface area contributed by atoms with E-state index in [1.165, 1.54) is 12.1 Å². The Morgan fingerprint density at radius 3 is 1.62 bits per heavy atom. The number of aromatic nitrogens is 2. The van der Waals surface area contributed by atoms with Gasteiger partial charge in [0.15, 0.2) is 0 Å². The predicted molar refractivity (Wildman–Crippen MR) is 89.6 cm³/mol. The van der Waals surface area contributed by atoms with Gasteiger partial charge < -0.3 is 19.8 Å². The number of amides is 2. The minimum atomic E-state index is -0.476. The zero-order valence-electron chi connectivity index (χ0n) is 14.2. The van der Waals surface area contributed by atoms with Gasteiger partial charge in [0, 0.05) is 37.6 Å². The van der Waals surface area contributed by atoms with E-state index in [4.69, 9.17) is 0 Å². The van der Waals surface area contributed by atoms with Gasteiger partial charge >= 0.3 is 0 Å². The van der Waals surface area contributed by atoms with E-state index < -0.39 is 11.6 Å². The lowest BCUT2D eigenvalue weighted by Gasteiger charge is -2.49. The van der Waals surface area contributed by atoms with Crippen molar-refractivity contribution in [2.24, 2.45) is 0 Å². The fourth-order valence-electron chi connectivity index (χ4n) is 4.16. The summed E-state index contributed by atoms with van der Waals surface area (Å²) >= 11 is 0. The summed E-state index contributed by atoms with van der Waals surface area (Å²) in [6.07, 6.45) is 5.85. The molecule has 3 heterocycles. The Kier molecular flexibility index (Phi) is 4.26. The van der Waals surface area contributed by atoms with E-state index in [-0.39, 0.29) is 35.3 Å². The number of carbonyl (C=O) groups is 2. The minimum absolute atomic E-state index is 0.111. The number of nitrogens with zero attached hydrogens (tertiary/aromatic N) is 2. The highest BCUT2D eigenvalue weighted by Gasteiger charge is 2.42. The van der Waals surface area contributed by atoms with Crippen LogP contribution in [-0.4, -0.2) is 56.8 Å². The summed E-state index contributed by atoms with van der Waals surface area (Å²) in [4.78, 5) is 34.4. The number of carbonyl (C=O) groups excluding carboxylic acids is 2. The molecule has 1 saturated heterocycles. The van der Waals surface area contributed by atoms with Gasteiger partial charge in [-0.1, -0.05) is 12.8 Å². The molecule has 1 aliphatic carbocycles. The van der Waals surface area contributed by atoms with E-state index in [0.29, 0.717) is 13.1 Å². The molecule has 0 unspecified atom stereocenters. The fraction of sp³-hybridized carbons (Fsp3) is 0.444. The maximum atomic E-state index is 13.3. The van der Waals surface area contributed by atoms with Gasteiger partial charge in [0.05, 0.1) is 12.1 Å². The van der Waals surface area contributed by atoms with Crippen molar-refractivity contribution in [1.82, 2.24) is 19.8 Å². The lowest BCUT2D eigenvalue weighted by atomic mass is 9.86. The highest BCUT2D eigenvalue weighted by atomic mass is 19.1. The molecule has 2 N–H and O–H groups in total. The van der Waals surface area contributed by atoms with Crippen molar-refractivity contribution in [2.45, 2.75) is 37.8 Å². The number of aromatic amines is 2. The van der Waals surface area contributed by atoms with E-state index in [9.17, 15) is 18.4 Å². The van der Waals surface area contributed by atoms with Crippen LogP contribution in [0.1, 0.15) is 46.7 Å². The second-order valence-corrected chi connectivity index (χ2v) is 6.88. The standard InChI is InChI=1S/C18H20F2N4O2/c19-11-7-13(21-9-11)17(25)23-5-6-24(16-4-2-1-3-15(16)23)18(26)14-8-12(20)10-22-14/h7-10,15-16,21-22H,1-6H2/t15-,16-/m1/s1. The predicted octanol–water partition coefficient (Wildman–Crippen LogP) is 2.53. The van der Waals surface area contributed by atoms with Crippen molar-refractivity contribution in [2.75, 3.05) is 13.1 Å². The Balaban J connectivity index is 1.57. The van der Waals surface area contributed by atoms with Gasteiger partial charge in [-0.15, -0.1) is 0 Å². The number of halogens is 2. The molecule has 4 rings (SSSR count). The van der Waals surface area contributed by atoms with Gasteiger partial charge in [-0.25, -0.2) is 8.78 Å². The zero-order chi connectivity index (χ0) is 18.3. The van der Waals surface area contributed by atoms with Crippen molar-refractivity contribution >= 4 is 11.8 Å². The SMILES string of the molecule is O=C(c1cc(F)c[nH]1)N1CCN(C(=O)c2cc(F)c[nH]2)[C@@H]2CCCC[C@H]21. The van der Waals surface area contributed by atoms with Crippen LogP contribution in [0.15, 0.2) is 24.5 Å². The van der Waals surface area contributed by atoms with Gasteiger partial charge in [0.1, 0.15) is 23.0 Å². The molecule has 2 aliphatic rings. The van der Waals surface area contributed by atoms with E-state index in [1.54, 1.807) is 9.80 Å². The van der Waals surface area contributed by atoms with Gasteiger partial charge in [-0.05, 0) is 12.8 Å². The number of fused-ring (bicyclic) bond motifs is 1. The molecule has 2 fully saturated rings. The first-order chi connectivity index (χ1) is 12.5. The highest BCUT2D eigenvalue weighted by Crippen LogP contribution is 2.32. The summed E-state index contributed by atoms with van der Waals surface area (Å²) in [6, 6.07) is 2.17. The number of rotatable bonds is 2. The molecule has 0 aromatic carbocycles. The third kappa shape index (κ3) is 2.89. The van der Waals surface area contributed by atoms with Crippen molar-refractivity contribution in [3.05, 3.63) is 47.5 Å². The molecule has 138 valence electrons. The molecular weight excluding hydrogens is 342 g/mol. The first-order valence-electron chi connectivity index (χ1n) is 8.84. The second kappa shape index (κ2) is 6.59. The van der Waals surface area contributed by atoms with E-state index >= 15 is 0 Å². The number of nitrogens with one attached hydrogen (secondary N) is 2. The number of piperazine rings is 1. The smallest absolute Gasteiger partial charge is 0.270 e. The minimum Gasteiger partial charge on any atom is -0.355 e. The molecule has 6 nitrogen and oxygen atoms in total. The largest absolute Gasteiger partial charge is 0.355 e. The second-order valence-electron chi connectivity index (χ2n) is 6.88. The Morgan fingerprint density at radius 1 is 0.846 bits per heavy atom. The third-order valence-electron chi connectivity index (χ3n) is 5.35. The van der Waals surface area contributed by atoms with E-state index in [1.807, 2.05) is 0 Å². The molecule has 1 aliphatic heterocycles. The Morgan fingerprint density at radius 2 is 1.27 bits per heavy atom. The lowest BCUT2D eigenvalue weighted by molar-refractivity contribution is 0.00329. The normalized spacial score (nSPS) is 23.0. The van der Waals surface area contributed by atoms with Crippen LogP contribution in [-0.2, 0) is 0 Å². The Labute approximate surface area is 149 Å². The van der Waals surface area contributed by atoms with Crippen molar-refractivity contribution < 1.29 is 18.4 Å². The van der Waals surface area contributed by atoms with Crippen molar-refractivity contribution in [1.29, 1.82) is 0 Å². The van der Waals surface area contributed by atoms with Crippen molar-refractivity contribution in [3.63, 3.8) is 0 Å². The molecule has 8 heteroatoms. The van der Waals surface area contributed by atoms with Gasteiger partial charge in [0.25, 0.3) is 11.8 Å². The average molecular weight is 362 g/mol. The molecule has 0 spiro atoms. The maximum absolute atomic E-state index is 13.3. The molecule has 2 atom stereocenters. The summed E-state index contributed by atoms with van der Waals surface area (Å²) in [7, 11) is 0. The summed E-state index contributed by atoms with van der Waals surface area (Å²) in [5, 5.41) is 0. The van der Waals surface area contributed by atoms with Crippen LogP contribution in [0.25, 0.3) is 0 Å². The van der Waals surface area contributed by atoms with Crippen LogP contribution in [0, 0.1) is 11.6 Å². The Hall–Kier alpha value is -2.64. The third-order valence-corrected chi connectivity index (χ3v) is 5.35. The van der Waals surface area contributed by atoms with Crippen LogP contribution in [0.2, 0.25) is 0 Å². The average Bonchev–Trinajstić information content (AvgIpc) is 3.28. The zero-order valence-corrected chi connectivity index (χ0v) is 14.2. The first-order valence-corrected chi connectivity index (χ1v) is 8.84. The maximum Gasteiger partial charge on any atom is 0.270 e. The van der Waals surface area contributed by atoms with Gasteiger partial charge in [-0.3, -0.25) is 9.59 Å². The van der Waals surface area contributed by atoms with Crippen LogP contribution in [0.4, 0.5) is 8.78 Å². The monoisotopic (exact) mass is 362 g/mol. The van der Waals surface area contributed by atoms with Crippen LogP contribution in [0.3, 0.4) is 0 Å². The number of H-pyrrole nitrogens is 2. The summed E-state index contributed by atoms with van der Waals surface area (Å²) < 4.78 is 26.5. The van der Waals surface area contributed by atoms with E-state index in [2.05, 4.69) is 9.97 Å². The van der Waals surface area contributed by atoms with Gasteiger partial charge in [0.2, 0.25) is 0 Å². The molecule has 1 saturated carbocycles. The Bertz CT molecular complexity index is 763. The molecule has 0 radical (unpaired) electrons. The van der Waals surface area contributed by atoms with E-state index in [0.717, 1.165) is 38.1 Å². The quantitative estimate of drug-likeness (QED) is 0.862. The molecule has 2 aromatic rings. The van der Waals surface area contributed by atoms with Crippen LogP contribution in [0.5, 0.6) is 0 Å². The topological polar surface area (TPSA) is 72.2 Å². The molecular formula is C18H20F2N4O2. The highest BCUT2D eigenvalue weighted by molar-refractivity contribution is 5.94. The number of hydrogen-bond acceptors (Lipinski definition) is 2. The first kappa shape index (κ1) is 16.8. The molecule has 2 amide bonds. The van der Waals surface area contributed by atoms with Crippen LogP contribution >= 0.6 is 0 Å². The fourth-order valence-corrected chi connectivity index (χ4v) is 4.16. The molecule has 2 aromatic heterocycles. The van der Waals surface area contributed by atoms with Gasteiger partial charge in [-0.2, -0.15) is 0 Å². The van der Waals surface area contributed by atoms with Crippen LogP contribution < -0.4 is 0 Å². The van der Waals surface area contributed by atoms with Crippen molar-refractivity contribution in [3.8, 4) is 0 Å². The summed E-state index contributed by atoms with van der Waals surface area (Å²) in [5.74, 6) is -1.44. The summed E-state index contributed by atoms with van der Waals surface area (Å²) in [5.41, 5.74) is 0.441. The molecule has 0 bridgehead atoms.